The number of aliphatic hydroxyl groups is 4. The van der Waals surface area contributed by atoms with Crippen LogP contribution in [0, 0.1) is 16.2 Å². The van der Waals surface area contributed by atoms with Crippen molar-refractivity contribution in [3.05, 3.63) is 0 Å². The fourth-order valence-electron chi connectivity index (χ4n) is 0. The highest BCUT2D eigenvalue weighted by atomic mass is 16.3. The molecule has 0 spiro atoms. The molecule has 45 heavy (non-hydrogen) atoms. The Morgan fingerprint density at radius 3 is 0.311 bits per heavy atom. The molecule has 262 valence electrons. The van der Waals surface area contributed by atoms with Crippen LogP contribution in [0.25, 0.3) is 0 Å². The van der Waals surface area contributed by atoms with Crippen molar-refractivity contribution >= 4 is 77.4 Å². The Morgan fingerprint density at radius 1 is 0.311 bits per heavy atom. The lowest BCUT2D eigenvalue weighted by atomic mass is 9.81. The maximum atomic E-state index is 7.57. The van der Waals surface area contributed by atoms with E-state index >= 15 is 0 Å². The van der Waals surface area contributed by atoms with E-state index in [4.69, 9.17) is 20.4 Å². The molecule has 0 amide bonds. The molecule has 0 rings (SSSR count). The standard InChI is InChI=1S/3C5H12.2C3H8.2C2H6O.2C2H6.2CH4O.5B2/c3*1-5(2,3)4;2*1-3-2;2*1-2-3;9*1-2/h3*1-4H3;2*3H2,1-2H3;2*3H,2H2,1H3;2*1-2H3;2*2H,1H3;;;;;. The summed E-state index contributed by atoms with van der Waals surface area (Å²) in [6, 6.07) is 0. The molecule has 0 aromatic rings. The summed E-state index contributed by atoms with van der Waals surface area (Å²) >= 11 is 0. The molecular formula is C31H84B10O4. The summed E-state index contributed by atoms with van der Waals surface area (Å²) < 4.78 is 0. The minimum absolute atomic E-state index is 0.250. The van der Waals surface area contributed by atoms with E-state index in [1.165, 1.54) is 12.8 Å². The fourth-order valence-corrected chi connectivity index (χ4v) is 0. The van der Waals surface area contributed by atoms with Gasteiger partial charge in [-0.1, -0.05) is 151 Å². The summed E-state index contributed by atoms with van der Waals surface area (Å²) in [7, 11) is 42.0. The topological polar surface area (TPSA) is 80.9 Å². The lowest BCUT2D eigenvalue weighted by molar-refractivity contribution is 0.318. The lowest BCUT2D eigenvalue weighted by Gasteiger charge is -2.05. The van der Waals surface area contributed by atoms with Gasteiger partial charge in [0, 0.05) is 105 Å². The monoisotopic (exact) mass is 631 g/mol. The van der Waals surface area contributed by atoms with Crippen LogP contribution in [-0.2, 0) is 0 Å². The Hall–Kier alpha value is 0.489. The van der Waals surface area contributed by atoms with Crippen molar-refractivity contribution < 1.29 is 20.4 Å². The van der Waals surface area contributed by atoms with Crippen LogP contribution >= 0.6 is 0 Å². The van der Waals surface area contributed by atoms with Crippen LogP contribution in [0.15, 0.2) is 0 Å². The van der Waals surface area contributed by atoms with Gasteiger partial charge in [0.15, 0.2) is 0 Å². The minimum Gasteiger partial charge on any atom is -0.400 e. The maximum absolute atomic E-state index is 7.57. The van der Waals surface area contributed by atoms with Crippen molar-refractivity contribution in [2.24, 2.45) is 16.2 Å². The van der Waals surface area contributed by atoms with Crippen molar-refractivity contribution in [1.29, 1.82) is 0 Å². The Labute approximate surface area is 305 Å². The van der Waals surface area contributed by atoms with Gasteiger partial charge in [0.2, 0.25) is 0 Å². The van der Waals surface area contributed by atoms with Crippen LogP contribution in [0.5, 0.6) is 0 Å². The first-order valence-corrected chi connectivity index (χ1v) is 15.4. The third-order valence-corrected chi connectivity index (χ3v) is 0. The van der Waals surface area contributed by atoms with E-state index in [0.29, 0.717) is 16.2 Å². The average Bonchev–Trinajstić information content (AvgIpc) is 2.97. The molecule has 0 saturated heterocycles. The molecule has 4 nitrogen and oxygen atoms in total. The zero-order chi connectivity index (χ0) is 42.3. The van der Waals surface area contributed by atoms with E-state index in [1.807, 2.05) is 27.7 Å². The minimum atomic E-state index is 0.250. The second-order valence-electron chi connectivity index (χ2n) is 11.0. The number of hydrogen-bond acceptors (Lipinski definition) is 4. The molecule has 0 bridgehead atoms. The maximum Gasteiger partial charge on any atom is 0.0402 e. The normalized spacial score (nSPS) is 6.58. The van der Waals surface area contributed by atoms with E-state index in [1.54, 1.807) is 13.8 Å². The molecule has 0 aromatic heterocycles. The molecule has 0 aliphatic rings. The molecule has 0 aromatic carbocycles. The zero-order valence-electron chi connectivity index (χ0n) is 35.9. The zero-order valence-corrected chi connectivity index (χ0v) is 35.9. The highest BCUT2D eigenvalue weighted by Crippen LogP contribution is 2.08. The van der Waals surface area contributed by atoms with E-state index in [0.717, 1.165) is 14.2 Å². The van der Waals surface area contributed by atoms with Gasteiger partial charge < -0.3 is 20.4 Å². The molecule has 4 N–H and O–H groups in total. The molecule has 20 radical (unpaired) electrons. The molecule has 0 unspecified atom stereocenters. The first kappa shape index (κ1) is 104. The largest absolute Gasteiger partial charge is 0.400 e. The van der Waals surface area contributed by atoms with Crippen molar-refractivity contribution in [1.82, 2.24) is 0 Å². The Bertz CT molecular complexity index is 165. The van der Waals surface area contributed by atoms with Gasteiger partial charge >= 0.3 is 0 Å². The fraction of sp³-hybridized carbons (Fsp3) is 1.00. The number of hydrogen-bond donors (Lipinski definition) is 4. The van der Waals surface area contributed by atoms with Crippen LogP contribution in [0.2, 0.25) is 0 Å². The highest BCUT2D eigenvalue weighted by molar-refractivity contribution is 6.76. The molecule has 0 fully saturated rings. The van der Waals surface area contributed by atoms with Gasteiger partial charge in [-0.2, -0.15) is 0 Å². The van der Waals surface area contributed by atoms with Crippen molar-refractivity contribution in [3.63, 3.8) is 0 Å². The van der Waals surface area contributed by atoms with Crippen molar-refractivity contribution in [3.8, 4) is 0 Å². The molecule has 0 saturated carbocycles. The smallest absolute Gasteiger partial charge is 0.0402 e. The Balaban J connectivity index is -0.0000000145. The SMILES string of the molecule is CC.CC.CC(C)(C)C.CC(C)(C)C.CC(C)(C)C.CCC.CCC.CCO.CCO.CO.CO.[B][B].[B][B].[B][B].[B][B].[B][B]. The van der Waals surface area contributed by atoms with Gasteiger partial charge in [-0.05, 0) is 30.1 Å². The summed E-state index contributed by atoms with van der Waals surface area (Å²) in [6.45, 7) is 46.6. The van der Waals surface area contributed by atoms with Gasteiger partial charge in [-0.3, -0.25) is 0 Å². The third-order valence-electron chi connectivity index (χ3n) is 0. The predicted molar refractivity (Wildman–Crippen MR) is 229 cm³/mol. The summed E-state index contributed by atoms with van der Waals surface area (Å²) in [4.78, 5) is 0. The highest BCUT2D eigenvalue weighted by Gasteiger charge is 1.96. The van der Waals surface area contributed by atoms with Crippen LogP contribution in [0.4, 0.5) is 0 Å². The average molecular weight is 629 g/mol. The summed E-state index contributed by atoms with van der Waals surface area (Å²) in [5, 5.41) is 29.1. The van der Waals surface area contributed by atoms with Crippen LogP contribution in [-0.4, -0.2) is 125 Å². The van der Waals surface area contributed by atoms with E-state index < -0.39 is 0 Å². The van der Waals surface area contributed by atoms with Crippen molar-refractivity contribution in [2.75, 3.05) is 27.4 Å². The quantitative estimate of drug-likeness (QED) is 0.233. The second-order valence-corrected chi connectivity index (χ2v) is 11.0. The molecule has 0 aliphatic heterocycles. The van der Waals surface area contributed by atoms with E-state index in [2.05, 4.69) is 188 Å². The third kappa shape index (κ3) is 335000. The van der Waals surface area contributed by atoms with Gasteiger partial charge in [0.05, 0.1) is 0 Å². The summed E-state index contributed by atoms with van der Waals surface area (Å²) in [5.41, 5.74) is 1.50. The van der Waals surface area contributed by atoms with Crippen molar-refractivity contribution in [2.45, 2.75) is 165 Å². The van der Waals surface area contributed by atoms with E-state index in [9.17, 15) is 0 Å². The lowest BCUT2D eigenvalue weighted by Crippen LogP contribution is -1.93. The molecule has 14 heteroatoms. The number of rotatable bonds is 0. The second kappa shape index (κ2) is 166. The summed E-state index contributed by atoms with van der Waals surface area (Å²) in [6.07, 6.45) is 2.50. The Morgan fingerprint density at radius 2 is 0.311 bits per heavy atom. The first-order chi connectivity index (χ1) is 20.7. The van der Waals surface area contributed by atoms with Gasteiger partial charge in [0.1, 0.15) is 0 Å². The Kier molecular flexibility index (Phi) is 383. The number of aliphatic hydroxyl groups excluding tert-OH is 4. The molecule has 0 atom stereocenters. The van der Waals surface area contributed by atoms with Crippen LogP contribution in [0.1, 0.15) is 165 Å². The van der Waals surface area contributed by atoms with Gasteiger partial charge in [-0.25, -0.2) is 0 Å². The van der Waals surface area contributed by atoms with Crippen LogP contribution in [0.3, 0.4) is 0 Å². The van der Waals surface area contributed by atoms with Gasteiger partial charge in [-0.15, -0.1) is 0 Å². The molecule has 0 aliphatic carbocycles. The van der Waals surface area contributed by atoms with Gasteiger partial charge in [0.25, 0.3) is 0 Å². The summed E-state index contributed by atoms with van der Waals surface area (Å²) in [5.74, 6) is 0. The first-order valence-electron chi connectivity index (χ1n) is 15.4. The van der Waals surface area contributed by atoms with E-state index in [-0.39, 0.29) is 13.2 Å². The predicted octanol–water partition coefficient (Wildman–Crippen LogP) is 6.45. The molecule has 0 heterocycles. The van der Waals surface area contributed by atoms with Crippen LogP contribution < -0.4 is 0 Å². The molecular weight excluding hydrogens is 544 g/mol.